The molecule has 3 N–H and O–H groups in total. The Bertz CT molecular complexity index is 1730. The minimum Gasteiger partial charge on any atom is -0.462 e. The zero-order valence-electron chi connectivity index (χ0n) is 57.7. The van der Waals surface area contributed by atoms with Gasteiger partial charge in [-0.25, -0.2) is 9.13 Å². The summed E-state index contributed by atoms with van der Waals surface area (Å²) >= 11 is 0. The van der Waals surface area contributed by atoms with Gasteiger partial charge in [0.05, 0.1) is 26.4 Å². The van der Waals surface area contributed by atoms with Crippen LogP contribution in [-0.2, 0) is 65.4 Å². The maximum atomic E-state index is 13.0. The van der Waals surface area contributed by atoms with Crippen molar-refractivity contribution in [2.24, 2.45) is 11.8 Å². The first-order valence-corrected chi connectivity index (χ1v) is 39.5. The van der Waals surface area contributed by atoms with E-state index in [9.17, 15) is 43.2 Å². The second-order valence-electron chi connectivity index (χ2n) is 26.2. The van der Waals surface area contributed by atoms with Gasteiger partial charge in [-0.15, -0.1) is 0 Å². The van der Waals surface area contributed by atoms with E-state index < -0.39 is 97.5 Å². The van der Waals surface area contributed by atoms with Crippen LogP contribution in [0.25, 0.3) is 0 Å². The fourth-order valence-electron chi connectivity index (χ4n) is 10.6. The van der Waals surface area contributed by atoms with Crippen LogP contribution in [0.4, 0.5) is 0 Å². The standard InChI is InChI=1S/C70H136O17P2/c1-7-9-11-13-14-15-16-17-18-19-20-21-24-31-36-42-48-54-70(75)87-66(59-81-68(73)53-47-41-35-30-25-22-23-28-33-39-44-50-62(3)4)61-85-89(78,79)83-57-64(71)56-82-88(76,77)84-60-65(58-80-67(72)52-46-38-12-10-8-2)86-69(74)55-49-43-37-32-27-26-29-34-40-45-51-63(5)6/h62-66,71H,7-61H2,1-6H3,(H,76,77)(H,78,79)/t64-,65+,66+/m0/s1. The predicted octanol–water partition coefficient (Wildman–Crippen LogP) is 20.0. The number of unbranched alkanes of at least 4 members (excludes halogenated alkanes) is 39. The van der Waals surface area contributed by atoms with Crippen LogP contribution in [0.15, 0.2) is 0 Å². The van der Waals surface area contributed by atoms with E-state index in [4.69, 9.17) is 37.0 Å². The number of hydrogen-bond donors (Lipinski definition) is 3. The predicted molar refractivity (Wildman–Crippen MR) is 358 cm³/mol. The van der Waals surface area contributed by atoms with Crippen molar-refractivity contribution in [2.75, 3.05) is 39.6 Å². The lowest BCUT2D eigenvalue weighted by molar-refractivity contribution is -0.161. The smallest absolute Gasteiger partial charge is 0.462 e. The van der Waals surface area contributed by atoms with Crippen molar-refractivity contribution >= 4 is 39.5 Å². The van der Waals surface area contributed by atoms with Gasteiger partial charge in [-0.2, -0.15) is 0 Å². The fourth-order valence-corrected chi connectivity index (χ4v) is 12.2. The van der Waals surface area contributed by atoms with Crippen molar-refractivity contribution in [1.29, 1.82) is 0 Å². The average Bonchev–Trinajstić information content (AvgIpc) is 3.71. The second kappa shape index (κ2) is 62.2. The first-order chi connectivity index (χ1) is 42.9. The Balaban J connectivity index is 5.16. The minimum absolute atomic E-state index is 0.105. The minimum atomic E-state index is -4.95. The summed E-state index contributed by atoms with van der Waals surface area (Å²) in [6, 6.07) is 0. The molecular formula is C70H136O17P2. The van der Waals surface area contributed by atoms with Crippen molar-refractivity contribution in [2.45, 2.75) is 374 Å². The van der Waals surface area contributed by atoms with Gasteiger partial charge in [-0.3, -0.25) is 37.3 Å². The van der Waals surface area contributed by atoms with Crippen LogP contribution in [0, 0.1) is 11.8 Å². The van der Waals surface area contributed by atoms with E-state index in [2.05, 4.69) is 41.5 Å². The summed E-state index contributed by atoms with van der Waals surface area (Å²) in [5.41, 5.74) is 0. The Hall–Kier alpha value is -1.94. The van der Waals surface area contributed by atoms with E-state index in [1.54, 1.807) is 0 Å². The van der Waals surface area contributed by atoms with Gasteiger partial charge in [-0.1, -0.05) is 305 Å². The third-order valence-corrected chi connectivity index (χ3v) is 18.1. The van der Waals surface area contributed by atoms with E-state index >= 15 is 0 Å². The Morgan fingerprint density at radius 2 is 0.517 bits per heavy atom. The van der Waals surface area contributed by atoms with Crippen molar-refractivity contribution in [3.8, 4) is 0 Å². The number of aliphatic hydroxyl groups is 1. The van der Waals surface area contributed by atoms with Crippen LogP contribution in [0.2, 0.25) is 0 Å². The molecule has 0 fully saturated rings. The summed E-state index contributed by atoms with van der Waals surface area (Å²) in [7, 11) is -9.89. The van der Waals surface area contributed by atoms with Crippen LogP contribution in [-0.4, -0.2) is 96.7 Å². The number of aliphatic hydroxyl groups excluding tert-OH is 1. The summed E-state index contributed by atoms with van der Waals surface area (Å²) in [5.74, 6) is -0.611. The summed E-state index contributed by atoms with van der Waals surface area (Å²) < 4.78 is 68.1. The molecule has 89 heavy (non-hydrogen) atoms. The Kier molecular flexibility index (Phi) is 60.8. The highest BCUT2D eigenvalue weighted by molar-refractivity contribution is 7.47. The average molecular weight is 1310 g/mol. The van der Waals surface area contributed by atoms with E-state index in [1.165, 1.54) is 167 Å². The van der Waals surface area contributed by atoms with Crippen LogP contribution < -0.4 is 0 Å². The lowest BCUT2D eigenvalue weighted by Crippen LogP contribution is -2.30. The molecule has 0 aliphatic rings. The summed E-state index contributed by atoms with van der Waals surface area (Å²) in [6.45, 7) is 9.46. The van der Waals surface area contributed by atoms with Gasteiger partial charge in [0.25, 0.3) is 0 Å². The van der Waals surface area contributed by atoms with Crippen molar-refractivity contribution in [1.82, 2.24) is 0 Å². The van der Waals surface area contributed by atoms with Gasteiger partial charge < -0.3 is 33.8 Å². The SMILES string of the molecule is CCCCCCCCCCCCCCCCCCCC(=O)O[C@H](COC(=O)CCCCCCCCCCCCCC(C)C)COP(=O)(O)OC[C@@H](O)COP(=O)(O)OC[C@@H](COC(=O)CCCCCCC)OC(=O)CCCCCCCCCCCCC(C)C. The molecule has 0 heterocycles. The number of ether oxygens (including phenoxy) is 4. The molecule has 0 saturated carbocycles. The molecule has 0 aromatic carbocycles. The van der Waals surface area contributed by atoms with Gasteiger partial charge in [0.2, 0.25) is 0 Å². The highest BCUT2D eigenvalue weighted by atomic mass is 31.2. The lowest BCUT2D eigenvalue weighted by Gasteiger charge is -2.21. The number of phosphoric ester groups is 2. The highest BCUT2D eigenvalue weighted by Crippen LogP contribution is 2.45. The van der Waals surface area contributed by atoms with Gasteiger partial charge in [0, 0.05) is 25.7 Å². The number of carbonyl (C=O) groups excluding carboxylic acids is 4. The van der Waals surface area contributed by atoms with Crippen LogP contribution in [0.1, 0.15) is 356 Å². The summed E-state index contributed by atoms with van der Waals surface area (Å²) in [6.07, 6.45) is 47.6. The molecule has 0 aliphatic carbocycles. The fraction of sp³-hybridized carbons (Fsp3) is 0.943. The molecule has 0 aromatic rings. The van der Waals surface area contributed by atoms with Gasteiger partial charge >= 0.3 is 39.5 Å². The zero-order chi connectivity index (χ0) is 65.7. The molecule has 0 amide bonds. The zero-order valence-corrected chi connectivity index (χ0v) is 59.5. The maximum absolute atomic E-state index is 13.0. The largest absolute Gasteiger partial charge is 0.472 e. The van der Waals surface area contributed by atoms with Crippen LogP contribution in [0.3, 0.4) is 0 Å². The van der Waals surface area contributed by atoms with E-state index in [0.29, 0.717) is 25.7 Å². The highest BCUT2D eigenvalue weighted by Gasteiger charge is 2.30. The van der Waals surface area contributed by atoms with Crippen LogP contribution in [0.5, 0.6) is 0 Å². The number of carbonyl (C=O) groups is 4. The molecule has 17 nitrogen and oxygen atoms in total. The number of esters is 4. The first-order valence-electron chi connectivity index (χ1n) is 36.5. The lowest BCUT2D eigenvalue weighted by atomic mass is 10.0. The van der Waals surface area contributed by atoms with E-state index in [-0.39, 0.29) is 25.7 Å². The molecule has 528 valence electrons. The molecule has 0 radical (unpaired) electrons. The normalized spacial score (nSPS) is 14.1. The molecular weight excluding hydrogens is 1170 g/mol. The topological polar surface area (TPSA) is 237 Å². The Morgan fingerprint density at radius 1 is 0.303 bits per heavy atom. The molecule has 19 heteroatoms. The van der Waals surface area contributed by atoms with Crippen molar-refractivity contribution in [3.05, 3.63) is 0 Å². The monoisotopic (exact) mass is 1310 g/mol. The molecule has 0 spiro atoms. The quantitative estimate of drug-likeness (QED) is 0.0222. The maximum Gasteiger partial charge on any atom is 0.472 e. The molecule has 0 bridgehead atoms. The summed E-state index contributed by atoms with van der Waals surface area (Å²) in [4.78, 5) is 72.3. The number of rotatable bonds is 69. The van der Waals surface area contributed by atoms with Gasteiger partial charge in [-0.05, 0) is 37.5 Å². The van der Waals surface area contributed by atoms with Crippen LogP contribution >= 0.6 is 15.6 Å². The molecule has 2 unspecified atom stereocenters. The number of phosphoric acid groups is 2. The molecule has 0 aromatic heterocycles. The first kappa shape index (κ1) is 87.1. The third kappa shape index (κ3) is 64.6. The van der Waals surface area contributed by atoms with Gasteiger partial charge in [0.1, 0.15) is 19.3 Å². The molecule has 0 saturated heterocycles. The van der Waals surface area contributed by atoms with Crippen molar-refractivity contribution < 1.29 is 80.2 Å². The summed E-state index contributed by atoms with van der Waals surface area (Å²) in [5, 5.41) is 10.6. The second-order valence-corrected chi connectivity index (χ2v) is 29.1. The van der Waals surface area contributed by atoms with E-state index in [1.807, 2.05) is 0 Å². The molecule has 0 aliphatic heterocycles. The van der Waals surface area contributed by atoms with Crippen molar-refractivity contribution in [3.63, 3.8) is 0 Å². The Morgan fingerprint density at radius 3 is 0.764 bits per heavy atom. The Labute approximate surface area is 543 Å². The third-order valence-electron chi connectivity index (χ3n) is 16.2. The van der Waals surface area contributed by atoms with Gasteiger partial charge in [0.15, 0.2) is 12.2 Å². The number of hydrogen-bond acceptors (Lipinski definition) is 15. The molecule has 0 rings (SSSR count). The molecule has 5 atom stereocenters. The van der Waals surface area contributed by atoms with E-state index in [0.717, 1.165) is 108 Å².